The zero-order chi connectivity index (χ0) is 13.0. The average molecular weight is 252 g/mol. The van der Waals surface area contributed by atoms with E-state index in [4.69, 9.17) is 0 Å². The SMILES string of the molecule is CCC(C)C1CN(C2CCCC(C)C2)CCCN1. The number of hydrogen-bond acceptors (Lipinski definition) is 2. The summed E-state index contributed by atoms with van der Waals surface area (Å²) in [4.78, 5) is 2.81. The second kappa shape index (κ2) is 6.91. The predicted molar refractivity (Wildman–Crippen MR) is 78.9 cm³/mol. The Kier molecular flexibility index (Phi) is 5.50. The van der Waals surface area contributed by atoms with Crippen molar-refractivity contribution in [3.8, 4) is 0 Å². The molecule has 4 unspecified atom stereocenters. The largest absolute Gasteiger partial charge is 0.312 e. The first-order chi connectivity index (χ1) is 8.70. The highest BCUT2D eigenvalue weighted by Gasteiger charge is 2.29. The van der Waals surface area contributed by atoms with E-state index in [1.165, 1.54) is 58.2 Å². The number of nitrogens with one attached hydrogen (secondary N) is 1. The first-order valence-electron chi connectivity index (χ1n) is 8.18. The summed E-state index contributed by atoms with van der Waals surface area (Å²) in [6.07, 6.45) is 8.41. The second-order valence-electron chi connectivity index (χ2n) is 6.72. The molecule has 0 aromatic heterocycles. The van der Waals surface area contributed by atoms with Crippen LogP contribution >= 0.6 is 0 Å². The van der Waals surface area contributed by atoms with Gasteiger partial charge in [-0.1, -0.05) is 40.0 Å². The molecule has 0 radical (unpaired) electrons. The number of hydrogen-bond donors (Lipinski definition) is 1. The Bertz CT molecular complexity index is 241. The molecule has 106 valence electrons. The predicted octanol–water partition coefficient (Wildman–Crippen LogP) is 3.28. The van der Waals surface area contributed by atoms with Gasteiger partial charge < -0.3 is 5.32 Å². The summed E-state index contributed by atoms with van der Waals surface area (Å²) in [5, 5.41) is 3.77. The molecule has 18 heavy (non-hydrogen) atoms. The summed E-state index contributed by atoms with van der Waals surface area (Å²) in [6.45, 7) is 11.0. The van der Waals surface area contributed by atoms with E-state index >= 15 is 0 Å². The summed E-state index contributed by atoms with van der Waals surface area (Å²) >= 11 is 0. The standard InChI is InChI=1S/C16H32N2/c1-4-14(3)16-12-18(10-6-9-17-16)15-8-5-7-13(2)11-15/h13-17H,4-12H2,1-3H3. The van der Waals surface area contributed by atoms with Gasteiger partial charge in [0.15, 0.2) is 0 Å². The van der Waals surface area contributed by atoms with Gasteiger partial charge in [-0.15, -0.1) is 0 Å². The van der Waals surface area contributed by atoms with Crippen LogP contribution in [0, 0.1) is 11.8 Å². The smallest absolute Gasteiger partial charge is 0.0220 e. The molecule has 1 aliphatic heterocycles. The van der Waals surface area contributed by atoms with E-state index in [1.807, 2.05) is 0 Å². The molecule has 1 aliphatic carbocycles. The van der Waals surface area contributed by atoms with Crippen LogP contribution in [0.4, 0.5) is 0 Å². The normalized spacial score (nSPS) is 37.2. The average Bonchev–Trinajstić information content (AvgIpc) is 2.63. The minimum Gasteiger partial charge on any atom is -0.312 e. The van der Waals surface area contributed by atoms with Crippen LogP contribution < -0.4 is 5.32 Å². The Hall–Kier alpha value is -0.0800. The van der Waals surface area contributed by atoms with Gasteiger partial charge in [-0.25, -0.2) is 0 Å². The Morgan fingerprint density at radius 3 is 2.83 bits per heavy atom. The molecule has 0 amide bonds. The van der Waals surface area contributed by atoms with Crippen molar-refractivity contribution in [1.29, 1.82) is 0 Å². The lowest BCUT2D eigenvalue weighted by atomic mass is 9.85. The van der Waals surface area contributed by atoms with Crippen molar-refractivity contribution in [3.63, 3.8) is 0 Å². The van der Waals surface area contributed by atoms with Crippen molar-refractivity contribution in [2.75, 3.05) is 19.6 Å². The van der Waals surface area contributed by atoms with Gasteiger partial charge in [0, 0.05) is 18.6 Å². The molecule has 2 fully saturated rings. The third kappa shape index (κ3) is 3.71. The van der Waals surface area contributed by atoms with Crippen molar-refractivity contribution < 1.29 is 0 Å². The fraction of sp³-hybridized carbons (Fsp3) is 1.00. The third-order valence-corrected chi connectivity index (χ3v) is 5.22. The van der Waals surface area contributed by atoms with Crippen molar-refractivity contribution in [1.82, 2.24) is 10.2 Å². The molecule has 1 N–H and O–H groups in total. The number of rotatable bonds is 3. The van der Waals surface area contributed by atoms with Crippen LogP contribution in [0.2, 0.25) is 0 Å². The quantitative estimate of drug-likeness (QED) is 0.829. The van der Waals surface area contributed by atoms with Crippen molar-refractivity contribution in [3.05, 3.63) is 0 Å². The fourth-order valence-electron chi connectivity index (χ4n) is 3.71. The molecule has 0 aromatic carbocycles. The lowest BCUT2D eigenvalue weighted by Gasteiger charge is -2.38. The lowest BCUT2D eigenvalue weighted by Crippen LogP contribution is -2.46. The van der Waals surface area contributed by atoms with Crippen LogP contribution in [-0.2, 0) is 0 Å². The van der Waals surface area contributed by atoms with Crippen LogP contribution in [0.1, 0.15) is 59.3 Å². The van der Waals surface area contributed by atoms with Gasteiger partial charge in [-0.3, -0.25) is 4.90 Å². The van der Waals surface area contributed by atoms with E-state index in [-0.39, 0.29) is 0 Å². The van der Waals surface area contributed by atoms with Crippen LogP contribution in [-0.4, -0.2) is 36.6 Å². The summed E-state index contributed by atoms with van der Waals surface area (Å²) in [7, 11) is 0. The molecule has 2 heteroatoms. The minimum absolute atomic E-state index is 0.717. The monoisotopic (exact) mass is 252 g/mol. The fourth-order valence-corrected chi connectivity index (χ4v) is 3.71. The van der Waals surface area contributed by atoms with Crippen LogP contribution in [0.3, 0.4) is 0 Å². The van der Waals surface area contributed by atoms with E-state index < -0.39 is 0 Å². The summed E-state index contributed by atoms with van der Waals surface area (Å²) in [5.74, 6) is 1.76. The minimum atomic E-state index is 0.717. The highest BCUT2D eigenvalue weighted by atomic mass is 15.2. The van der Waals surface area contributed by atoms with E-state index in [0.29, 0.717) is 0 Å². The zero-order valence-corrected chi connectivity index (χ0v) is 12.6. The Labute approximate surface area is 114 Å². The first kappa shape index (κ1) is 14.3. The molecule has 1 heterocycles. The van der Waals surface area contributed by atoms with Gasteiger partial charge in [0.1, 0.15) is 0 Å². The van der Waals surface area contributed by atoms with E-state index in [1.54, 1.807) is 0 Å². The maximum atomic E-state index is 3.77. The highest BCUT2D eigenvalue weighted by Crippen LogP contribution is 2.28. The van der Waals surface area contributed by atoms with Crippen molar-refractivity contribution in [2.24, 2.45) is 11.8 Å². The van der Waals surface area contributed by atoms with Crippen LogP contribution in [0.25, 0.3) is 0 Å². The van der Waals surface area contributed by atoms with Crippen LogP contribution in [0.5, 0.6) is 0 Å². The molecule has 4 atom stereocenters. The van der Waals surface area contributed by atoms with E-state index in [9.17, 15) is 0 Å². The van der Waals surface area contributed by atoms with E-state index in [2.05, 4.69) is 31.0 Å². The molecule has 1 saturated heterocycles. The molecule has 0 aromatic rings. The number of nitrogens with zero attached hydrogens (tertiary/aromatic N) is 1. The van der Waals surface area contributed by atoms with Gasteiger partial charge in [-0.05, 0) is 44.2 Å². The van der Waals surface area contributed by atoms with Crippen molar-refractivity contribution in [2.45, 2.75) is 71.4 Å². The first-order valence-corrected chi connectivity index (χ1v) is 8.18. The maximum absolute atomic E-state index is 3.77. The molecule has 1 saturated carbocycles. The van der Waals surface area contributed by atoms with Gasteiger partial charge in [0.05, 0.1) is 0 Å². The Morgan fingerprint density at radius 1 is 1.28 bits per heavy atom. The zero-order valence-electron chi connectivity index (χ0n) is 12.6. The molecule has 0 bridgehead atoms. The molecular formula is C16H32N2. The van der Waals surface area contributed by atoms with Crippen molar-refractivity contribution >= 4 is 0 Å². The molecular weight excluding hydrogens is 220 g/mol. The second-order valence-corrected chi connectivity index (χ2v) is 6.72. The summed E-state index contributed by atoms with van der Waals surface area (Å²) in [5.41, 5.74) is 0. The lowest BCUT2D eigenvalue weighted by molar-refractivity contribution is 0.124. The maximum Gasteiger partial charge on any atom is 0.0220 e. The van der Waals surface area contributed by atoms with Gasteiger partial charge in [-0.2, -0.15) is 0 Å². The third-order valence-electron chi connectivity index (χ3n) is 5.22. The topological polar surface area (TPSA) is 15.3 Å². The van der Waals surface area contributed by atoms with Gasteiger partial charge in [0.25, 0.3) is 0 Å². The van der Waals surface area contributed by atoms with Gasteiger partial charge in [0.2, 0.25) is 0 Å². The van der Waals surface area contributed by atoms with Crippen LogP contribution in [0.15, 0.2) is 0 Å². The molecule has 0 spiro atoms. The summed E-state index contributed by atoms with van der Waals surface area (Å²) < 4.78 is 0. The van der Waals surface area contributed by atoms with E-state index in [0.717, 1.165) is 23.9 Å². The molecule has 2 aliphatic rings. The molecule has 2 nitrogen and oxygen atoms in total. The highest BCUT2D eigenvalue weighted by molar-refractivity contribution is 4.86. The summed E-state index contributed by atoms with van der Waals surface area (Å²) in [6, 6.07) is 1.59. The Morgan fingerprint density at radius 2 is 2.11 bits per heavy atom. The van der Waals surface area contributed by atoms with Gasteiger partial charge >= 0.3 is 0 Å². The Balaban J connectivity index is 1.93. The molecule has 2 rings (SSSR count).